The van der Waals surface area contributed by atoms with Gasteiger partial charge in [0.05, 0.1) is 0 Å². The first kappa shape index (κ1) is 13.1. The third-order valence-corrected chi connectivity index (χ3v) is 3.98. The van der Waals surface area contributed by atoms with Gasteiger partial charge in [0.2, 0.25) is 0 Å². The van der Waals surface area contributed by atoms with E-state index < -0.39 is 0 Å². The van der Waals surface area contributed by atoms with E-state index in [1.54, 1.807) is 0 Å². The van der Waals surface area contributed by atoms with Gasteiger partial charge in [-0.25, -0.2) is 19.3 Å². The zero-order valence-electron chi connectivity index (χ0n) is 11.7. The maximum atomic E-state index is 11.6. The minimum Gasteiger partial charge on any atom is -0.353 e. The minimum absolute atomic E-state index is 0.242. The Morgan fingerprint density at radius 2 is 2.35 bits per heavy atom. The number of anilines is 1. The van der Waals surface area contributed by atoms with Gasteiger partial charge in [-0.05, 0) is 39.2 Å². The summed E-state index contributed by atoms with van der Waals surface area (Å²) in [6, 6.07) is 2.31. The number of hydrogen-bond donors (Lipinski definition) is 2. The van der Waals surface area contributed by atoms with Crippen molar-refractivity contribution in [1.29, 1.82) is 0 Å². The molecule has 0 bridgehead atoms. The predicted molar refractivity (Wildman–Crippen MR) is 77.0 cm³/mol. The summed E-state index contributed by atoms with van der Waals surface area (Å²) in [5, 5.41) is 6.50. The predicted octanol–water partition coefficient (Wildman–Crippen LogP) is 0.434. The summed E-state index contributed by atoms with van der Waals surface area (Å²) in [4.78, 5) is 18.5. The lowest BCUT2D eigenvalue weighted by molar-refractivity contribution is 0.438. The molecule has 7 heteroatoms. The largest absolute Gasteiger partial charge is 0.353 e. The van der Waals surface area contributed by atoms with E-state index in [1.807, 2.05) is 13.0 Å². The van der Waals surface area contributed by atoms with Crippen LogP contribution < -0.4 is 16.3 Å². The van der Waals surface area contributed by atoms with Crippen LogP contribution in [0, 0.1) is 6.92 Å². The van der Waals surface area contributed by atoms with Gasteiger partial charge in [0, 0.05) is 18.7 Å². The fraction of sp³-hybridized carbons (Fsp3) is 0.615. The molecule has 0 aliphatic carbocycles. The molecule has 2 aromatic heterocycles. The summed E-state index contributed by atoms with van der Waals surface area (Å²) in [6.45, 7) is 3.50. The molecule has 2 aromatic rings. The fourth-order valence-corrected chi connectivity index (χ4v) is 3.02. The lowest BCUT2D eigenvalue weighted by Gasteiger charge is -2.36. The van der Waals surface area contributed by atoms with Gasteiger partial charge in [0.25, 0.3) is 0 Å². The number of fused-ring (bicyclic) bond motifs is 1. The van der Waals surface area contributed by atoms with Crippen molar-refractivity contribution in [1.82, 2.24) is 19.6 Å². The SMILES string of the molecule is Cc1nc(N2CCCCC2CCN)cc2n[nH]c(=O)n12. The Balaban J connectivity index is 2.02. The van der Waals surface area contributed by atoms with Crippen molar-refractivity contribution in [2.45, 2.75) is 38.6 Å². The smallest absolute Gasteiger partial charge is 0.349 e. The highest BCUT2D eigenvalue weighted by molar-refractivity contribution is 5.52. The molecule has 0 amide bonds. The van der Waals surface area contributed by atoms with Gasteiger partial charge in [-0.15, -0.1) is 0 Å². The summed E-state index contributed by atoms with van der Waals surface area (Å²) < 4.78 is 1.49. The second kappa shape index (κ2) is 5.24. The van der Waals surface area contributed by atoms with Gasteiger partial charge in [-0.2, -0.15) is 5.10 Å². The van der Waals surface area contributed by atoms with Crippen LogP contribution in [0.4, 0.5) is 5.82 Å². The molecule has 0 radical (unpaired) electrons. The number of nitrogens with two attached hydrogens (primary N) is 1. The molecule has 3 rings (SSSR count). The van der Waals surface area contributed by atoms with Gasteiger partial charge in [0.1, 0.15) is 11.6 Å². The zero-order chi connectivity index (χ0) is 14.1. The highest BCUT2D eigenvalue weighted by Crippen LogP contribution is 2.25. The highest BCUT2D eigenvalue weighted by atomic mass is 16.1. The summed E-state index contributed by atoms with van der Waals surface area (Å²) in [5.74, 6) is 1.56. The molecular formula is C13H20N6O. The van der Waals surface area contributed by atoms with Crippen molar-refractivity contribution >= 4 is 11.5 Å². The monoisotopic (exact) mass is 276 g/mol. The average molecular weight is 276 g/mol. The maximum absolute atomic E-state index is 11.6. The summed E-state index contributed by atoms with van der Waals surface area (Å²) in [5.41, 5.74) is 6.09. The van der Waals surface area contributed by atoms with E-state index in [9.17, 15) is 4.79 Å². The van der Waals surface area contributed by atoms with Gasteiger partial charge < -0.3 is 10.6 Å². The van der Waals surface area contributed by atoms with Crippen LogP contribution in [-0.2, 0) is 0 Å². The number of aromatic nitrogens is 4. The first-order chi connectivity index (χ1) is 9.70. The second-order valence-electron chi connectivity index (χ2n) is 5.30. The number of aryl methyl sites for hydroxylation is 1. The van der Waals surface area contributed by atoms with Crippen LogP contribution in [-0.4, -0.2) is 38.7 Å². The van der Waals surface area contributed by atoms with Crippen LogP contribution in [0.5, 0.6) is 0 Å². The first-order valence-electron chi connectivity index (χ1n) is 7.12. The number of piperidine rings is 1. The molecule has 7 nitrogen and oxygen atoms in total. The molecule has 1 fully saturated rings. The molecule has 1 unspecified atom stereocenters. The molecule has 0 saturated carbocycles. The highest BCUT2D eigenvalue weighted by Gasteiger charge is 2.24. The van der Waals surface area contributed by atoms with Gasteiger partial charge in [-0.3, -0.25) is 0 Å². The number of nitrogens with one attached hydrogen (secondary N) is 1. The number of hydrogen-bond acceptors (Lipinski definition) is 5. The van der Waals surface area contributed by atoms with Crippen molar-refractivity contribution in [2.75, 3.05) is 18.0 Å². The van der Waals surface area contributed by atoms with E-state index in [-0.39, 0.29) is 5.69 Å². The molecule has 0 spiro atoms. The van der Waals surface area contributed by atoms with Crippen molar-refractivity contribution in [3.63, 3.8) is 0 Å². The Kier molecular flexibility index (Phi) is 3.43. The zero-order valence-corrected chi connectivity index (χ0v) is 11.7. The maximum Gasteiger partial charge on any atom is 0.349 e. The van der Waals surface area contributed by atoms with E-state index in [1.165, 1.54) is 17.2 Å². The van der Waals surface area contributed by atoms with Gasteiger partial charge >= 0.3 is 5.69 Å². The van der Waals surface area contributed by atoms with Crippen LogP contribution in [0.1, 0.15) is 31.5 Å². The van der Waals surface area contributed by atoms with Crippen molar-refractivity contribution in [2.24, 2.45) is 5.73 Å². The molecule has 1 atom stereocenters. The first-order valence-corrected chi connectivity index (χ1v) is 7.12. The molecule has 3 heterocycles. The summed E-state index contributed by atoms with van der Waals surface area (Å²) in [7, 11) is 0. The second-order valence-corrected chi connectivity index (χ2v) is 5.30. The summed E-state index contributed by atoms with van der Waals surface area (Å²) >= 11 is 0. The van der Waals surface area contributed by atoms with E-state index >= 15 is 0 Å². The van der Waals surface area contributed by atoms with Crippen molar-refractivity contribution in [3.8, 4) is 0 Å². The topological polar surface area (TPSA) is 92.3 Å². The van der Waals surface area contributed by atoms with Gasteiger partial charge in [-0.1, -0.05) is 0 Å². The van der Waals surface area contributed by atoms with E-state index in [2.05, 4.69) is 20.1 Å². The number of rotatable bonds is 3. The summed E-state index contributed by atoms with van der Waals surface area (Å²) in [6.07, 6.45) is 4.53. The molecule has 3 N–H and O–H groups in total. The molecule has 20 heavy (non-hydrogen) atoms. The quantitative estimate of drug-likeness (QED) is 0.848. The Labute approximate surface area is 116 Å². The molecular weight excluding hydrogens is 256 g/mol. The number of aromatic amines is 1. The lowest BCUT2D eigenvalue weighted by atomic mass is 9.99. The Morgan fingerprint density at radius 1 is 1.50 bits per heavy atom. The lowest BCUT2D eigenvalue weighted by Crippen LogP contribution is -2.41. The fourth-order valence-electron chi connectivity index (χ4n) is 3.02. The Bertz CT molecular complexity index is 658. The Hall–Kier alpha value is -1.89. The van der Waals surface area contributed by atoms with E-state index in [4.69, 9.17) is 5.73 Å². The molecule has 1 aliphatic heterocycles. The van der Waals surface area contributed by atoms with Crippen LogP contribution in [0.15, 0.2) is 10.9 Å². The van der Waals surface area contributed by atoms with Crippen molar-refractivity contribution < 1.29 is 0 Å². The third-order valence-electron chi connectivity index (χ3n) is 3.98. The molecule has 1 saturated heterocycles. The number of nitrogens with zero attached hydrogens (tertiary/aromatic N) is 4. The third kappa shape index (κ3) is 2.18. The van der Waals surface area contributed by atoms with Crippen LogP contribution in [0.3, 0.4) is 0 Å². The molecule has 108 valence electrons. The van der Waals surface area contributed by atoms with Gasteiger partial charge in [0.15, 0.2) is 5.65 Å². The van der Waals surface area contributed by atoms with Crippen molar-refractivity contribution in [3.05, 3.63) is 22.4 Å². The van der Waals surface area contributed by atoms with E-state index in [0.29, 0.717) is 24.1 Å². The molecule has 0 aromatic carbocycles. The Morgan fingerprint density at radius 3 is 3.15 bits per heavy atom. The molecule has 1 aliphatic rings. The standard InChI is InChI=1S/C13H20N6O/c1-9-15-11(8-12-16-17-13(20)19(9)12)18-7-3-2-4-10(18)5-6-14/h8,10H,2-7,14H2,1H3,(H,17,20). The van der Waals surface area contributed by atoms with Crippen LogP contribution in [0.2, 0.25) is 0 Å². The minimum atomic E-state index is -0.242. The van der Waals surface area contributed by atoms with Crippen LogP contribution in [0.25, 0.3) is 5.65 Å². The van der Waals surface area contributed by atoms with E-state index in [0.717, 1.165) is 25.2 Å². The normalized spacial score (nSPS) is 19.7. The average Bonchev–Trinajstić information content (AvgIpc) is 2.82. The number of H-pyrrole nitrogens is 1. The van der Waals surface area contributed by atoms with Crippen LogP contribution >= 0.6 is 0 Å².